The average molecular weight is 450 g/mol. The van der Waals surface area contributed by atoms with Crippen LogP contribution in [0.1, 0.15) is 26.2 Å². The van der Waals surface area contributed by atoms with Crippen molar-refractivity contribution >= 4 is 50.7 Å². The fourth-order valence-electron chi connectivity index (χ4n) is 3.20. The Morgan fingerprint density at radius 2 is 2.04 bits per heavy atom. The predicted molar refractivity (Wildman–Crippen MR) is 111 cm³/mol. The number of sulfonamides is 1. The summed E-state index contributed by atoms with van der Waals surface area (Å²) in [5.74, 6) is -1.04. The molecule has 1 aliphatic heterocycles. The van der Waals surface area contributed by atoms with Crippen molar-refractivity contribution in [3.8, 4) is 0 Å². The van der Waals surface area contributed by atoms with Gasteiger partial charge in [-0.15, -0.1) is 0 Å². The first kappa shape index (κ1) is 22.9. The van der Waals surface area contributed by atoms with Gasteiger partial charge in [0, 0.05) is 24.7 Å². The normalized spacial score (nSPS) is 17.9. The third-order valence-corrected chi connectivity index (χ3v) is 6.38. The van der Waals surface area contributed by atoms with Gasteiger partial charge in [-0.25, -0.2) is 12.7 Å². The maximum atomic E-state index is 12.9. The summed E-state index contributed by atoms with van der Waals surface area (Å²) in [5.41, 5.74) is 0.379. The lowest BCUT2D eigenvalue weighted by atomic mass is 9.98. The Balaban J connectivity index is 2.06. The summed E-state index contributed by atoms with van der Waals surface area (Å²) in [4.78, 5) is 26.9. The van der Waals surface area contributed by atoms with E-state index in [0.717, 1.165) is 6.26 Å². The maximum Gasteiger partial charge on any atom is 0.244 e. The highest BCUT2D eigenvalue weighted by Gasteiger charge is 2.33. The number of halogens is 2. The van der Waals surface area contributed by atoms with E-state index in [4.69, 9.17) is 23.2 Å². The van der Waals surface area contributed by atoms with E-state index in [1.165, 1.54) is 9.21 Å². The number of carbonyl (C=O) groups is 2. The van der Waals surface area contributed by atoms with Gasteiger partial charge in [-0.1, -0.05) is 30.1 Å². The molecule has 0 spiro atoms. The van der Waals surface area contributed by atoms with Crippen LogP contribution in [0.25, 0.3) is 0 Å². The molecule has 1 aliphatic rings. The van der Waals surface area contributed by atoms with Crippen molar-refractivity contribution in [2.45, 2.75) is 26.2 Å². The number of benzene rings is 1. The zero-order valence-corrected chi connectivity index (χ0v) is 18.3. The van der Waals surface area contributed by atoms with Crippen molar-refractivity contribution < 1.29 is 18.0 Å². The van der Waals surface area contributed by atoms with Gasteiger partial charge in [-0.05, 0) is 37.5 Å². The van der Waals surface area contributed by atoms with Gasteiger partial charge < -0.3 is 10.2 Å². The van der Waals surface area contributed by atoms with Crippen LogP contribution < -0.4 is 5.32 Å². The molecule has 1 unspecified atom stereocenters. The number of rotatable bonds is 7. The maximum absolute atomic E-state index is 12.9. The van der Waals surface area contributed by atoms with Gasteiger partial charge in [-0.3, -0.25) is 9.59 Å². The van der Waals surface area contributed by atoms with Crippen molar-refractivity contribution in [3.63, 3.8) is 0 Å². The molecule has 0 aromatic heterocycles. The molecule has 0 bridgehead atoms. The number of anilines is 1. The SMILES string of the molecule is CCCN(CC(=O)Nc1cc(Cl)ccc1Cl)C(=O)C1CCCN(S(C)(=O)=O)C1. The fraction of sp³-hybridized carbons (Fsp3) is 0.556. The second kappa shape index (κ2) is 9.91. The van der Waals surface area contributed by atoms with Crippen LogP contribution in [0.2, 0.25) is 10.0 Å². The first-order valence-electron chi connectivity index (χ1n) is 9.10. The first-order chi connectivity index (χ1) is 13.1. The van der Waals surface area contributed by atoms with E-state index in [1.54, 1.807) is 18.2 Å². The molecule has 2 amide bonds. The highest BCUT2D eigenvalue weighted by molar-refractivity contribution is 7.88. The zero-order valence-electron chi connectivity index (χ0n) is 16.0. The first-order valence-corrected chi connectivity index (χ1v) is 11.7. The summed E-state index contributed by atoms with van der Waals surface area (Å²) >= 11 is 12.0. The van der Waals surface area contributed by atoms with Crippen LogP contribution in [-0.2, 0) is 19.6 Å². The van der Waals surface area contributed by atoms with E-state index in [-0.39, 0.29) is 24.9 Å². The third kappa shape index (κ3) is 6.34. The minimum atomic E-state index is -3.35. The fourth-order valence-corrected chi connectivity index (χ4v) is 4.45. The van der Waals surface area contributed by atoms with E-state index >= 15 is 0 Å². The zero-order chi connectivity index (χ0) is 20.9. The molecule has 156 valence electrons. The van der Waals surface area contributed by atoms with E-state index < -0.39 is 15.9 Å². The average Bonchev–Trinajstić information content (AvgIpc) is 2.63. The number of carbonyl (C=O) groups excluding carboxylic acids is 2. The Labute approximate surface area is 176 Å². The van der Waals surface area contributed by atoms with E-state index in [1.807, 2.05) is 6.92 Å². The minimum Gasteiger partial charge on any atom is -0.333 e. The second-order valence-electron chi connectivity index (χ2n) is 6.89. The number of piperidine rings is 1. The number of hydrogen-bond donors (Lipinski definition) is 1. The molecule has 0 radical (unpaired) electrons. The number of hydrogen-bond acceptors (Lipinski definition) is 4. The largest absolute Gasteiger partial charge is 0.333 e. The Morgan fingerprint density at radius 1 is 1.32 bits per heavy atom. The highest BCUT2D eigenvalue weighted by atomic mass is 35.5. The van der Waals surface area contributed by atoms with Crippen molar-refractivity contribution in [3.05, 3.63) is 28.2 Å². The summed E-state index contributed by atoms with van der Waals surface area (Å²) < 4.78 is 24.9. The molecule has 10 heteroatoms. The lowest BCUT2D eigenvalue weighted by molar-refractivity contribution is -0.139. The molecule has 28 heavy (non-hydrogen) atoms. The summed E-state index contributed by atoms with van der Waals surface area (Å²) in [5, 5.41) is 3.46. The Morgan fingerprint density at radius 3 is 2.68 bits per heavy atom. The van der Waals surface area contributed by atoms with E-state index in [9.17, 15) is 18.0 Å². The molecule has 1 aromatic rings. The van der Waals surface area contributed by atoms with Crippen LogP contribution in [0.3, 0.4) is 0 Å². The minimum absolute atomic E-state index is 0.134. The highest BCUT2D eigenvalue weighted by Crippen LogP contribution is 2.25. The monoisotopic (exact) mass is 449 g/mol. The topological polar surface area (TPSA) is 86.8 Å². The summed E-state index contributed by atoms with van der Waals surface area (Å²) in [7, 11) is -3.35. The van der Waals surface area contributed by atoms with Crippen molar-refractivity contribution in [1.82, 2.24) is 9.21 Å². The van der Waals surface area contributed by atoms with Crippen LogP contribution in [0.4, 0.5) is 5.69 Å². The second-order valence-corrected chi connectivity index (χ2v) is 9.72. The van der Waals surface area contributed by atoms with Gasteiger partial charge in [0.1, 0.15) is 0 Å². The molecule has 7 nitrogen and oxygen atoms in total. The lowest BCUT2D eigenvalue weighted by Gasteiger charge is -2.33. The van der Waals surface area contributed by atoms with Gasteiger partial charge in [0.05, 0.1) is 29.4 Å². The Hall–Kier alpha value is -1.35. The number of nitrogens with zero attached hydrogens (tertiary/aromatic N) is 2. The summed E-state index contributed by atoms with van der Waals surface area (Å²) in [6.07, 6.45) is 3.05. The van der Waals surface area contributed by atoms with Crippen molar-refractivity contribution in [1.29, 1.82) is 0 Å². The van der Waals surface area contributed by atoms with Crippen LogP contribution in [-0.4, -0.2) is 61.9 Å². The molecule has 1 aromatic carbocycles. The van der Waals surface area contributed by atoms with E-state index in [2.05, 4.69) is 5.32 Å². The Kier molecular flexibility index (Phi) is 8.12. The van der Waals surface area contributed by atoms with Crippen molar-refractivity contribution in [2.75, 3.05) is 37.8 Å². The van der Waals surface area contributed by atoms with Crippen LogP contribution in [0, 0.1) is 5.92 Å². The molecule has 1 fully saturated rings. The molecule has 2 rings (SSSR count). The van der Waals surface area contributed by atoms with Gasteiger partial charge in [-0.2, -0.15) is 0 Å². The predicted octanol–water partition coefficient (Wildman–Crippen LogP) is 2.84. The molecular formula is C18H25Cl2N3O4S. The molecule has 1 atom stereocenters. The molecule has 1 heterocycles. The third-order valence-electron chi connectivity index (χ3n) is 4.54. The Bertz CT molecular complexity index is 832. The molecular weight excluding hydrogens is 425 g/mol. The quantitative estimate of drug-likeness (QED) is 0.692. The smallest absolute Gasteiger partial charge is 0.244 e. The molecule has 1 N–H and O–H groups in total. The molecule has 0 saturated carbocycles. The van der Waals surface area contributed by atoms with Gasteiger partial charge >= 0.3 is 0 Å². The number of nitrogens with one attached hydrogen (secondary N) is 1. The van der Waals surface area contributed by atoms with Gasteiger partial charge in [0.2, 0.25) is 21.8 Å². The van der Waals surface area contributed by atoms with Crippen LogP contribution >= 0.6 is 23.2 Å². The number of amides is 2. The summed E-state index contributed by atoms with van der Waals surface area (Å²) in [6, 6.07) is 4.73. The van der Waals surface area contributed by atoms with Gasteiger partial charge in [0.25, 0.3) is 0 Å². The molecule has 0 aliphatic carbocycles. The van der Waals surface area contributed by atoms with Gasteiger partial charge in [0.15, 0.2) is 0 Å². The van der Waals surface area contributed by atoms with Crippen LogP contribution in [0.15, 0.2) is 18.2 Å². The standard InChI is InChI=1S/C18H25Cl2N3O4S/c1-3-8-22(12-17(24)21-16-10-14(19)6-7-15(16)20)18(25)13-5-4-9-23(11-13)28(2,26)27/h6-7,10,13H,3-5,8-9,11-12H2,1-2H3,(H,21,24). The summed E-state index contributed by atoms with van der Waals surface area (Å²) in [6.45, 7) is 2.76. The lowest BCUT2D eigenvalue weighted by Crippen LogP contribution is -2.48. The van der Waals surface area contributed by atoms with Crippen LogP contribution in [0.5, 0.6) is 0 Å². The van der Waals surface area contributed by atoms with Crippen molar-refractivity contribution in [2.24, 2.45) is 5.92 Å². The van der Waals surface area contributed by atoms with E-state index in [0.29, 0.717) is 48.1 Å². The molecule has 1 saturated heterocycles.